The van der Waals surface area contributed by atoms with Crippen molar-refractivity contribution in [3.05, 3.63) is 253 Å². The molecular formula is C76H62N4. The molecule has 0 aliphatic carbocycles. The lowest BCUT2D eigenvalue weighted by Gasteiger charge is -2.30. The standard InChI is InChI=1S/C76H62N4/c1-47-21-19-29-55(49-33-37-51(38-34-49)75(3,4)5)71(47)77(53-23-11-9-12-24-53)65-43-41-57-61-45-68-62(46-67(61)79-63-31-17-15-27-59(63)69(65)73(57)79)58-42-44-66(70-60-28-16-18-32-64(60)80(68)74(58)70)78(54-25-13-10-14-26-54)72-48(2)22-20-30-56(72)50-35-39-52(40-36-50)76(6,7)8/h9-46H,1-8H3. The van der Waals surface area contributed by atoms with Gasteiger partial charge in [-0.05, 0) is 119 Å². The van der Waals surface area contributed by atoms with Crippen LogP contribution < -0.4 is 9.80 Å². The first-order chi connectivity index (χ1) is 38.8. The minimum Gasteiger partial charge on any atom is -0.309 e. The predicted octanol–water partition coefficient (Wildman–Crippen LogP) is 21.5. The summed E-state index contributed by atoms with van der Waals surface area (Å²) in [5.74, 6) is 0. The van der Waals surface area contributed by atoms with Gasteiger partial charge in [0.2, 0.25) is 0 Å². The molecule has 0 amide bonds. The molecule has 15 rings (SSSR count). The quantitative estimate of drug-likeness (QED) is 0.151. The van der Waals surface area contributed by atoms with Crippen molar-refractivity contribution in [1.29, 1.82) is 0 Å². The van der Waals surface area contributed by atoms with Crippen molar-refractivity contribution in [3.63, 3.8) is 0 Å². The number of para-hydroxylation sites is 6. The molecule has 0 fully saturated rings. The predicted molar refractivity (Wildman–Crippen MR) is 343 cm³/mol. The van der Waals surface area contributed by atoms with Crippen LogP contribution in [0, 0.1) is 13.8 Å². The van der Waals surface area contributed by atoms with Crippen LogP contribution in [0.4, 0.5) is 34.1 Å². The summed E-state index contributed by atoms with van der Waals surface area (Å²) in [7, 11) is 0. The molecule has 0 aliphatic rings. The smallest absolute Gasteiger partial charge is 0.0641 e. The van der Waals surface area contributed by atoms with E-state index in [1.54, 1.807) is 0 Å². The fourth-order valence-corrected chi connectivity index (χ4v) is 13.5. The molecule has 0 bridgehead atoms. The van der Waals surface area contributed by atoms with Crippen LogP contribution in [-0.2, 0) is 10.8 Å². The fraction of sp³-hybridized carbons (Fsp3) is 0.132. The van der Waals surface area contributed by atoms with Crippen LogP contribution in [0.2, 0.25) is 0 Å². The van der Waals surface area contributed by atoms with E-state index in [1.165, 1.54) is 132 Å². The van der Waals surface area contributed by atoms with Gasteiger partial charge in [-0.1, -0.05) is 211 Å². The summed E-state index contributed by atoms with van der Waals surface area (Å²) in [6.07, 6.45) is 0. The summed E-state index contributed by atoms with van der Waals surface area (Å²) in [5, 5.41) is 9.95. The number of nitrogens with zero attached hydrogens (tertiary/aromatic N) is 4. The van der Waals surface area contributed by atoms with E-state index in [0.29, 0.717) is 0 Å². The van der Waals surface area contributed by atoms with Crippen molar-refractivity contribution in [2.75, 3.05) is 9.80 Å². The molecule has 4 heteroatoms. The molecule has 0 aliphatic heterocycles. The molecule has 11 aromatic carbocycles. The van der Waals surface area contributed by atoms with Crippen molar-refractivity contribution >= 4 is 110 Å². The minimum atomic E-state index is 0.0576. The molecule has 4 heterocycles. The number of rotatable bonds is 8. The van der Waals surface area contributed by atoms with Crippen LogP contribution in [0.3, 0.4) is 0 Å². The van der Waals surface area contributed by atoms with Gasteiger partial charge in [0.25, 0.3) is 0 Å². The molecule has 0 atom stereocenters. The van der Waals surface area contributed by atoms with Crippen LogP contribution in [-0.4, -0.2) is 8.80 Å². The van der Waals surface area contributed by atoms with Gasteiger partial charge in [-0.3, -0.25) is 0 Å². The molecule has 0 N–H and O–H groups in total. The Hall–Kier alpha value is -9.38. The Morgan fingerprint density at radius 3 is 1.07 bits per heavy atom. The van der Waals surface area contributed by atoms with E-state index in [4.69, 9.17) is 0 Å². The second-order valence-corrected chi connectivity index (χ2v) is 24.2. The molecule has 386 valence electrons. The first-order valence-electron chi connectivity index (χ1n) is 28.3. The van der Waals surface area contributed by atoms with Crippen LogP contribution in [0.5, 0.6) is 0 Å². The molecule has 0 unspecified atom stereocenters. The van der Waals surface area contributed by atoms with Crippen LogP contribution in [0.25, 0.3) is 98.4 Å². The summed E-state index contributed by atoms with van der Waals surface area (Å²) >= 11 is 0. The van der Waals surface area contributed by atoms with Gasteiger partial charge >= 0.3 is 0 Å². The van der Waals surface area contributed by atoms with E-state index in [2.05, 4.69) is 305 Å². The second kappa shape index (κ2) is 17.6. The lowest BCUT2D eigenvalue weighted by Crippen LogP contribution is -2.13. The van der Waals surface area contributed by atoms with Crippen molar-refractivity contribution < 1.29 is 0 Å². The summed E-state index contributed by atoms with van der Waals surface area (Å²) < 4.78 is 5.13. The molecule has 0 saturated heterocycles. The molecule has 0 radical (unpaired) electrons. The maximum absolute atomic E-state index is 2.56. The van der Waals surface area contributed by atoms with Gasteiger partial charge in [0.15, 0.2) is 0 Å². The van der Waals surface area contributed by atoms with Crippen molar-refractivity contribution in [3.8, 4) is 22.3 Å². The summed E-state index contributed by atoms with van der Waals surface area (Å²) in [4.78, 5) is 5.05. The number of hydrogen-bond donors (Lipinski definition) is 0. The topological polar surface area (TPSA) is 15.3 Å². The molecule has 15 aromatic rings. The molecule has 4 nitrogen and oxygen atoms in total. The number of aromatic nitrogens is 2. The number of benzene rings is 11. The molecule has 80 heavy (non-hydrogen) atoms. The molecular weight excluding hydrogens is 969 g/mol. The highest BCUT2D eigenvalue weighted by atomic mass is 15.2. The highest BCUT2D eigenvalue weighted by molar-refractivity contribution is 6.32. The summed E-state index contributed by atoms with van der Waals surface area (Å²) in [6, 6.07) is 86.6. The van der Waals surface area contributed by atoms with Crippen LogP contribution >= 0.6 is 0 Å². The van der Waals surface area contributed by atoms with E-state index in [9.17, 15) is 0 Å². The van der Waals surface area contributed by atoms with Crippen molar-refractivity contribution in [1.82, 2.24) is 8.80 Å². The number of hydrogen-bond acceptors (Lipinski definition) is 2. The van der Waals surface area contributed by atoms with Gasteiger partial charge < -0.3 is 18.6 Å². The van der Waals surface area contributed by atoms with E-state index < -0.39 is 0 Å². The van der Waals surface area contributed by atoms with E-state index in [0.717, 1.165) is 22.7 Å². The largest absolute Gasteiger partial charge is 0.309 e. The van der Waals surface area contributed by atoms with Gasteiger partial charge in [0.05, 0.1) is 55.8 Å². The zero-order valence-electron chi connectivity index (χ0n) is 46.7. The maximum atomic E-state index is 2.56. The van der Waals surface area contributed by atoms with Crippen LogP contribution in [0.1, 0.15) is 63.8 Å². The minimum absolute atomic E-state index is 0.0576. The molecule has 0 spiro atoms. The van der Waals surface area contributed by atoms with Gasteiger partial charge in [-0.15, -0.1) is 0 Å². The Morgan fingerprint density at radius 2 is 0.688 bits per heavy atom. The molecule has 4 aromatic heterocycles. The van der Waals surface area contributed by atoms with Crippen molar-refractivity contribution in [2.24, 2.45) is 0 Å². The third-order valence-corrected chi connectivity index (χ3v) is 17.3. The average Bonchev–Trinajstić information content (AvgIpc) is 4.25. The maximum Gasteiger partial charge on any atom is 0.0641 e. The van der Waals surface area contributed by atoms with E-state index in [1.807, 2.05) is 0 Å². The zero-order chi connectivity index (χ0) is 54.3. The molecule has 0 saturated carbocycles. The second-order valence-electron chi connectivity index (χ2n) is 24.2. The number of aryl methyl sites for hydroxylation is 2. The first-order valence-corrected chi connectivity index (χ1v) is 28.3. The third kappa shape index (κ3) is 7.07. The third-order valence-electron chi connectivity index (χ3n) is 17.3. The van der Waals surface area contributed by atoms with Gasteiger partial charge in [-0.25, -0.2) is 0 Å². The Morgan fingerprint density at radius 1 is 0.312 bits per heavy atom. The number of fused-ring (bicyclic) bond motifs is 12. The lowest BCUT2D eigenvalue weighted by atomic mass is 9.86. The Balaban J connectivity index is 0.982. The lowest BCUT2D eigenvalue weighted by molar-refractivity contribution is 0.590. The number of anilines is 6. The fourth-order valence-electron chi connectivity index (χ4n) is 13.5. The Kier molecular flexibility index (Phi) is 10.5. The Labute approximate surface area is 467 Å². The van der Waals surface area contributed by atoms with Crippen LogP contribution in [0.15, 0.2) is 231 Å². The van der Waals surface area contributed by atoms with Crippen molar-refractivity contribution in [2.45, 2.75) is 66.2 Å². The average molecular weight is 1030 g/mol. The van der Waals surface area contributed by atoms with Gasteiger partial charge in [-0.2, -0.15) is 0 Å². The highest BCUT2D eigenvalue weighted by Crippen LogP contribution is 2.53. The highest BCUT2D eigenvalue weighted by Gasteiger charge is 2.30. The SMILES string of the molecule is Cc1cccc(-c2ccc(C(C)(C)C)cc2)c1N(c1ccccc1)c1ccc2c3cc4c(cc3n3c5ccccc5c1c23)c1ccc(N(c2ccccc2)c2c(C)cccc2-c2ccc(C(C)(C)C)cc2)c2c3ccccc3n4c12. The summed E-state index contributed by atoms with van der Waals surface area (Å²) in [5.41, 5.74) is 24.2. The summed E-state index contributed by atoms with van der Waals surface area (Å²) in [6.45, 7) is 18.2. The van der Waals surface area contributed by atoms with Gasteiger partial charge in [0.1, 0.15) is 0 Å². The Bertz CT molecular complexity index is 4580. The van der Waals surface area contributed by atoms with E-state index >= 15 is 0 Å². The van der Waals surface area contributed by atoms with E-state index in [-0.39, 0.29) is 10.8 Å². The normalized spacial score (nSPS) is 12.5. The first kappa shape index (κ1) is 47.8. The zero-order valence-corrected chi connectivity index (χ0v) is 46.7. The monoisotopic (exact) mass is 1030 g/mol. The van der Waals surface area contributed by atoms with Gasteiger partial charge in [0, 0.05) is 65.6 Å².